The van der Waals surface area contributed by atoms with Gasteiger partial charge in [-0.25, -0.2) is 9.79 Å². The third kappa shape index (κ3) is 2.89. The predicted molar refractivity (Wildman–Crippen MR) is 99.4 cm³/mol. The molecular formula is C18H16N4O2S. The molecule has 0 bridgehead atoms. The minimum absolute atomic E-state index is 0.212. The molecule has 0 unspecified atom stereocenters. The quantitative estimate of drug-likeness (QED) is 0.594. The van der Waals surface area contributed by atoms with Crippen LogP contribution in [0.4, 0.5) is 5.69 Å². The smallest absolute Gasteiger partial charge is 0.323 e. The molecule has 0 saturated heterocycles. The lowest BCUT2D eigenvalue weighted by Gasteiger charge is -2.04. The fraction of sp³-hybridized carbons (Fsp3) is 0.111. The predicted octanol–water partition coefficient (Wildman–Crippen LogP) is 3.16. The van der Waals surface area contributed by atoms with E-state index in [1.54, 1.807) is 18.4 Å². The molecule has 4 aromatic rings. The normalized spacial score (nSPS) is 12.0. The van der Waals surface area contributed by atoms with Gasteiger partial charge in [0.2, 0.25) is 0 Å². The van der Waals surface area contributed by atoms with Crippen molar-refractivity contribution in [1.29, 1.82) is 0 Å². The van der Waals surface area contributed by atoms with Crippen molar-refractivity contribution in [2.45, 2.75) is 0 Å². The van der Waals surface area contributed by atoms with Crippen LogP contribution < -0.4 is 15.2 Å². The van der Waals surface area contributed by atoms with Crippen molar-refractivity contribution in [3.05, 3.63) is 63.1 Å². The van der Waals surface area contributed by atoms with Gasteiger partial charge in [-0.3, -0.25) is 0 Å². The van der Waals surface area contributed by atoms with Gasteiger partial charge >= 0.3 is 5.69 Å². The van der Waals surface area contributed by atoms with E-state index in [0.717, 1.165) is 38.5 Å². The second-order valence-electron chi connectivity index (χ2n) is 5.61. The van der Waals surface area contributed by atoms with Gasteiger partial charge in [0.05, 0.1) is 29.5 Å². The van der Waals surface area contributed by atoms with E-state index in [4.69, 9.17) is 9.73 Å². The molecule has 2 aromatic carbocycles. The number of nitrogens with one attached hydrogen (secondary N) is 2. The number of hydrogen-bond donors (Lipinski definition) is 2. The first-order valence-corrected chi connectivity index (χ1v) is 8.58. The van der Waals surface area contributed by atoms with Crippen LogP contribution in [0.3, 0.4) is 0 Å². The molecule has 126 valence electrons. The summed E-state index contributed by atoms with van der Waals surface area (Å²) in [6, 6.07) is 13.5. The number of hydrogen-bond acceptors (Lipinski definition) is 4. The van der Waals surface area contributed by atoms with Crippen molar-refractivity contribution in [1.82, 2.24) is 14.5 Å². The lowest BCUT2D eigenvalue weighted by molar-refractivity contribution is 0.415. The summed E-state index contributed by atoms with van der Waals surface area (Å²) in [5.41, 5.74) is 4.30. The van der Waals surface area contributed by atoms with E-state index in [9.17, 15) is 4.79 Å². The summed E-state index contributed by atoms with van der Waals surface area (Å²) in [4.78, 5) is 22.4. The lowest BCUT2D eigenvalue weighted by atomic mass is 10.1. The van der Waals surface area contributed by atoms with Crippen LogP contribution in [0.5, 0.6) is 5.75 Å². The largest absolute Gasteiger partial charge is 0.497 e. The number of rotatable bonds is 3. The number of thiazole rings is 1. The highest BCUT2D eigenvalue weighted by Gasteiger charge is 2.06. The molecule has 0 atom stereocenters. The first kappa shape index (κ1) is 15.5. The van der Waals surface area contributed by atoms with E-state index in [-0.39, 0.29) is 5.69 Å². The van der Waals surface area contributed by atoms with E-state index < -0.39 is 0 Å². The summed E-state index contributed by atoms with van der Waals surface area (Å²) >= 11 is 1.57. The van der Waals surface area contributed by atoms with E-state index in [1.165, 1.54) is 0 Å². The van der Waals surface area contributed by atoms with Gasteiger partial charge in [0, 0.05) is 12.4 Å². The number of aromatic amines is 2. The van der Waals surface area contributed by atoms with Gasteiger partial charge in [-0.15, -0.1) is 11.3 Å². The monoisotopic (exact) mass is 352 g/mol. The standard InChI is InChI=1S/C18H16N4O2S/c1-22-16(11-3-6-13(24-2)7-4-11)10-25-18(22)19-12-5-8-14-15(9-12)21-17(23)20-14/h3-10H,1-2H3,(H2,20,21,23). The first-order valence-electron chi connectivity index (χ1n) is 7.70. The van der Waals surface area contributed by atoms with Crippen LogP contribution in [0.2, 0.25) is 0 Å². The zero-order valence-electron chi connectivity index (χ0n) is 13.7. The number of nitrogens with zero attached hydrogens (tertiary/aromatic N) is 2. The molecule has 2 heterocycles. The van der Waals surface area contributed by atoms with Crippen LogP contribution in [0.25, 0.3) is 22.3 Å². The number of aromatic nitrogens is 3. The second-order valence-corrected chi connectivity index (χ2v) is 6.45. The molecule has 0 radical (unpaired) electrons. The number of H-pyrrole nitrogens is 2. The lowest BCUT2D eigenvalue weighted by Crippen LogP contribution is -2.10. The van der Waals surface area contributed by atoms with Crippen molar-refractivity contribution in [3.63, 3.8) is 0 Å². The van der Waals surface area contributed by atoms with Crippen LogP contribution >= 0.6 is 11.3 Å². The molecule has 7 heteroatoms. The Labute approximate surface area is 147 Å². The molecule has 4 rings (SSSR count). The molecule has 0 saturated carbocycles. The van der Waals surface area contributed by atoms with Crippen LogP contribution in [0, 0.1) is 0 Å². The summed E-state index contributed by atoms with van der Waals surface area (Å²) in [7, 11) is 3.65. The van der Waals surface area contributed by atoms with Crippen molar-refractivity contribution < 1.29 is 4.74 Å². The molecule has 0 amide bonds. The molecule has 6 nitrogen and oxygen atoms in total. The zero-order valence-corrected chi connectivity index (χ0v) is 14.6. The van der Waals surface area contributed by atoms with Crippen molar-refractivity contribution >= 4 is 28.1 Å². The first-order chi connectivity index (χ1) is 12.1. The maximum absolute atomic E-state index is 11.4. The summed E-state index contributed by atoms with van der Waals surface area (Å²) in [5.74, 6) is 0.834. The molecule has 0 spiro atoms. The van der Waals surface area contributed by atoms with Gasteiger partial charge in [0.1, 0.15) is 5.75 Å². The average molecular weight is 352 g/mol. The van der Waals surface area contributed by atoms with Crippen LogP contribution in [0.15, 0.2) is 57.6 Å². The molecular weight excluding hydrogens is 336 g/mol. The van der Waals surface area contributed by atoms with Gasteiger partial charge < -0.3 is 19.3 Å². The Morgan fingerprint density at radius 3 is 2.60 bits per heavy atom. The topological polar surface area (TPSA) is 75.2 Å². The third-order valence-corrected chi connectivity index (χ3v) is 4.95. The summed E-state index contributed by atoms with van der Waals surface area (Å²) in [6.07, 6.45) is 0. The van der Waals surface area contributed by atoms with E-state index in [1.807, 2.05) is 49.5 Å². The highest BCUT2D eigenvalue weighted by Crippen LogP contribution is 2.23. The Morgan fingerprint density at radius 1 is 1.08 bits per heavy atom. The van der Waals surface area contributed by atoms with Crippen molar-refractivity contribution in [2.75, 3.05) is 7.11 Å². The minimum atomic E-state index is -0.212. The molecule has 0 aliphatic rings. The van der Waals surface area contributed by atoms with E-state index >= 15 is 0 Å². The van der Waals surface area contributed by atoms with Crippen molar-refractivity contribution in [3.8, 4) is 17.0 Å². The van der Waals surface area contributed by atoms with Crippen LogP contribution in [-0.4, -0.2) is 21.6 Å². The van der Waals surface area contributed by atoms with Gasteiger partial charge in [0.15, 0.2) is 4.80 Å². The SMILES string of the molecule is COc1ccc(-c2csc(=Nc3ccc4[nH]c(=O)[nH]c4c3)n2C)cc1. The number of benzene rings is 2. The maximum atomic E-state index is 11.4. The number of imidazole rings is 1. The fourth-order valence-electron chi connectivity index (χ4n) is 2.70. The molecule has 2 aromatic heterocycles. The molecule has 0 aliphatic heterocycles. The van der Waals surface area contributed by atoms with Gasteiger partial charge in [-0.2, -0.15) is 0 Å². The van der Waals surface area contributed by atoms with Gasteiger partial charge in [-0.05, 0) is 48.0 Å². The third-order valence-electron chi connectivity index (χ3n) is 4.03. The molecule has 25 heavy (non-hydrogen) atoms. The average Bonchev–Trinajstić information content (AvgIpc) is 3.17. The maximum Gasteiger partial charge on any atom is 0.323 e. The minimum Gasteiger partial charge on any atom is -0.497 e. The Balaban J connectivity index is 1.75. The summed E-state index contributed by atoms with van der Waals surface area (Å²) in [5, 5.41) is 2.08. The highest BCUT2D eigenvalue weighted by molar-refractivity contribution is 7.07. The Morgan fingerprint density at radius 2 is 1.84 bits per heavy atom. The van der Waals surface area contributed by atoms with Crippen LogP contribution in [0.1, 0.15) is 0 Å². The van der Waals surface area contributed by atoms with Crippen molar-refractivity contribution in [2.24, 2.45) is 12.0 Å². The highest BCUT2D eigenvalue weighted by atomic mass is 32.1. The molecule has 0 fully saturated rings. The Bertz CT molecular complexity index is 1160. The second kappa shape index (κ2) is 6.10. The number of methoxy groups -OCH3 is 1. The zero-order chi connectivity index (χ0) is 17.4. The van der Waals surface area contributed by atoms with Gasteiger partial charge in [0.25, 0.3) is 0 Å². The molecule has 0 aliphatic carbocycles. The van der Waals surface area contributed by atoms with Gasteiger partial charge in [-0.1, -0.05) is 0 Å². The summed E-state index contributed by atoms with van der Waals surface area (Å²) < 4.78 is 7.26. The molecule has 2 N–H and O–H groups in total. The number of fused-ring (bicyclic) bond motifs is 1. The number of ether oxygens (including phenoxy) is 1. The van der Waals surface area contributed by atoms with E-state index in [0.29, 0.717) is 0 Å². The van der Waals surface area contributed by atoms with Crippen LogP contribution in [-0.2, 0) is 7.05 Å². The fourth-order valence-corrected chi connectivity index (χ4v) is 3.62. The Hall–Kier alpha value is -3.06. The summed E-state index contributed by atoms with van der Waals surface area (Å²) in [6.45, 7) is 0. The van der Waals surface area contributed by atoms with E-state index in [2.05, 4.69) is 19.9 Å². The Kier molecular flexibility index (Phi) is 3.77.